The summed E-state index contributed by atoms with van der Waals surface area (Å²) >= 11 is 0. The van der Waals surface area contributed by atoms with Crippen molar-refractivity contribution in [3.05, 3.63) is 41.9 Å². The number of aryl methyl sites for hydroxylation is 1. The molecule has 1 aromatic heterocycles. The lowest BCUT2D eigenvalue weighted by atomic mass is 9.77. The third-order valence-electron chi connectivity index (χ3n) is 3.41. The van der Waals surface area contributed by atoms with Gasteiger partial charge in [-0.2, -0.15) is 0 Å². The Hall–Kier alpha value is -2.45. The fourth-order valence-electron chi connectivity index (χ4n) is 2.56. The molecule has 7 nitrogen and oxygen atoms in total. The van der Waals surface area contributed by atoms with Crippen molar-refractivity contribution in [1.82, 2.24) is 9.97 Å². The second-order valence-electron chi connectivity index (χ2n) is 4.97. The molecule has 2 aromatic rings. The topological polar surface area (TPSA) is 102 Å². The van der Waals surface area contributed by atoms with Crippen molar-refractivity contribution in [3.63, 3.8) is 0 Å². The second kappa shape index (κ2) is 5.74. The van der Waals surface area contributed by atoms with E-state index in [0.717, 1.165) is 5.56 Å². The third-order valence-corrected chi connectivity index (χ3v) is 3.41. The highest BCUT2D eigenvalue weighted by Gasteiger charge is 2.37. The standard InChI is InChI=1S/C14H13BN2O5/c1-8-4-9(21-12-2-3-16-7-17-12)5-10-14(8)11(6-13(18)19)22-15(10)20/h2-5,7,11,20H,6H2,1H3,(H,18,19). The van der Waals surface area contributed by atoms with E-state index in [1.165, 1.54) is 6.33 Å². The number of aliphatic carboxylic acids is 1. The Labute approximate surface area is 126 Å². The number of benzene rings is 1. The van der Waals surface area contributed by atoms with Gasteiger partial charge in [0.1, 0.15) is 12.1 Å². The van der Waals surface area contributed by atoms with Gasteiger partial charge in [0.05, 0.1) is 12.5 Å². The van der Waals surface area contributed by atoms with E-state index in [1.807, 2.05) is 6.92 Å². The van der Waals surface area contributed by atoms with Crippen molar-refractivity contribution < 1.29 is 24.3 Å². The van der Waals surface area contributed by atoms with Crippen LogP contribution in [0.25, 0.3) is 0 Å². The summed E-state index contributed by atoms with van der Waals surface area (Å²) in [6.45, 7) is 1.82. The van der Waals surface area contributed by atoms with Gasteiger partial charge < -0.3 is 19.5 Å². The monoisotopic (exact) mass is 300 g/mol. The molecule has 3 rings (SSSR count). The van der Waals surface area contributed by atoms with Crippen LogP contribution in [0.15, 0.2) is 30.7 Å². The number of aromatic nitrogens is 2. The molecule has 0 fully saturated rings. The third kappa shape index (κ3) is 2.79. The molecule has 2 heterocycles. The number of carboxylic acid groups (broad SMARTS) is 1. The molecule has 112 valence electrons. The Bertz CT molecular complexity index is 710. The Balaban J connectivity index is 1.93. The number of hydrogen-bond acceptors (Lipinski definition) is 6. The zero-order chi connectivity index (χ0) is 15.7. The highest BCUT2D eigenvalue weighted by molar-refractivity contribution is 6.62. The second-order valence-corrected chi connectivity index (χ2v) is 4.97. The van der Waals surface area contributed by atoms with Gasteiger partial charge in [-0.25, -0.2) is 9.97 Å². The van der Waals surface area contributed by atoms with Crippen LogP contribution in [0.3, 0.4) is 0 Å². The summed E-state index contributed by atoms with van der Waals surface area (Å²) in [5.74, 6) is -0.107. The predicted octanol–water partition coefficient (Wildman–Crippen LogP) is 0.811. The minimum absolute atomic E-state index is 0.197. The van der Waals surface area contributed by atoms with Crippen molar-refractivity contribution in [2.75, 3.05) is 0 Å². The molecule has 8 heteroatoms. The van der Waals surface area contributed by atoms with Crippen LogP contribution < -0.4 is 10.2 Å². The van der Waals surface area contributed by atoms with Crippen molar-refractivity contribution >= 4 is 18.6 Å². The van der Waals surface area contributed by atoms with E-state index in [4.69, 9.17) is 14.5 Å². The molecule has 0 spiro atoms. The van der Waals surface area contributed by atoms with Gasteiger partial charge in [0.2, 0.25) is 5.88 Å². The molecule has 2 N–H and O–H groups in total. The van der Waals surface area contributed by atoms with Gasteiger partial charge in [0.15, 0.2) is 0 Å². The summed E-state index contributed by atoms with van der Waals surface area (Å²) in [4.78, 5) is 18.7. The summed E-state index contributed by atoms with van der Waals surface area (Å²) in [7, 11) is -1.16. The molecular weight excluding hydrogens is 287 g/mol. The van der Waals surface area contributed by atoms with Crippen molar-refractivity contribution in [2.45, 2.75) is 19.4 Å². The minimum Gasteiger partial charge on any atom is -0.481 e. The smallest absolute Gasteiger partial charge is 0.481 e. The maximum absolute atomic E-state index is 10.9. The van der Waals surface area contributed by atoms with Gasteiger partial charge in [-0.05, 0) is 35.6 Å². The highest BCUT2D eigenvalue weighted by atomic mass is 16.5. The number of carboxylic acids is 1. The molecule has 1 aromatic carbocycles. The van der Waals surface area contributed by atoms with E-state index in [9.17, 15) is 9.82 Å². The fraction of sp³-hybridized carbons (Fsp3) is 0.214. The average molecular weight is 300 g/mol. The Morgan fingerprint density at radius 3 is 3.00 bits per heavy atom. The van der Waals surface area contributed by atoms with Gasteiger partial charge in [-0.15, -0.1) is 0 Å². The summed E-state index contributed by atoms with van der Waals surface area (Å²) in [6.07, 6.45) is 2.08. The van der Waals surface area contributed by atoms with Crippen LogP contribution in [0, 0.1) is 6.92 Å². The maximum atomic E-state index is 10.9. The molecule has 0 radical (unpaired) electrons. The van der Waals surface area contributed by atoms with Crippen LogP contribution in [-0.2, 0) is 9.45 Å². The average Bonchev–Trinajstić information content (AvgIpc) is 2.76. The van der Waals surface area contributed by atoms with Crippen LogP contribution in [0.1, 0.15) is 23.7 Å². The van der Waals surface area contributed by atoms with Gasteiger partial charge in [0.25, 0.3) is 0 Å². The van der Waals surface area contributed by atoms with E-state index >= 15 is 0 Å². The van der Waals surface area contributed by atoms with Crippen molar-refractivity contribution in [3.8, 4) is 11.6 Å². The number of carbonyl (C=O) groups is 1. The van der Waals surface area contributed by atoms with Gasteiger partial charge in [-0.1, -0.05) is 0 Å². The van der Waals surface area contributed by atoms with Gasteiger partial charge in [0, 0.05) is 12.3 Å². The zero-order valence-corrected chi connectivity index (χ0v) is 11.8. The molecule has 0 saturated heterocycles. The molecule has 1 aliphatic heterocycles. The first-order chi connectivity index (χ1) is 10.5. The number of rotatable bonds is 4. The Morgan fingerprint density at radius 1 is 1.50 bits per heavy atom. The van der Waals surface area contributed by atoms with Crippen LogP contribution in [0.2, 0.25) is 0 Å². The van der Waals surface area contributed by atoms with Crippen molar-refractivity contribution in [1.29, 1.82) is 0 Å². The molecule has 0 amide bonds. The molecule has 1 aliphatic rings. The quantitative estimate of drug-likeness (QED) is 0.805. The lowest BCUT2D eigenvalue weighted by molar-refractivity contribution is -0.138. The summed E-state index contributed by atoms with van der Waals surface area (Å²) in [6, 6.07) is 5.01. The molecular formula is C14H13BN2O5. The molecule has 22 heavy (non-hydrogen) atoms. The first-order valence-corrected chi connectivity index (χ1v) is 6.68. The molecule has 0 saturated carbocycles. The van der Waals surface area contributed by atoms with Crippen molar-refractivity contribution in [2.24, 2.45) is 0 Å². The van der Waals surface area contributed by atoms with Gasteiger partial charge in [-0.3, -0.25) is 4.79 Å². The van der Waals surface area contributed by atoms with Crippen LogP contribution in [0.4, 0.5) is 0 Å². The minimum atomic E-state index is -1.16. The summed E-state index contributed by atoms with van der Waals surface area (Å²) < 4.78 is 10.9. The zero-order valence-electron chi connectivity index (χ0n) is 11.8. The molecule has 0 bridgehead atoms. The van der Waals surface area contributed by atoms with E-state index < -0.39 is 19.2 Å². The normalized spacial score (nSPS) is 16.5. The predicted molar refractivity (Wildman–Crippen MR) is 77.0 cm³/mol. The largest absolute Gasteiger partial charge is 0.492 e. The molecule has 0 aliphatic carbocycles. The lowest BCUT2D eigenvalue weighted by Crippen LogP contribution is -2.28. The first kappa shape index (κ1) is 14.5. The fourth-order valence-corrected chi connectivity index (χ4v) is 2.56. The highest BCUT2D eigenvalue weighted by Crippen LogP contribution is 2.32. The number of ether oxygens (including phenoxy) is 1. The van der Waals surface area contributed by atoms with E-state index in [0.29, 0.717) is 22.7 Å². The van der Waals surface area contributed by atoms with E-state index in [1.54, 1.807) is 24.4 Å². The first-order valence-electron chi connectivity index (χ1n) is 6.68. The summed E-state index contributed by atoms with van der Waals surface area (Å²) in [5, 5.41) is 18.9. The maximum Gasteiger partial charge on any atom is 0.492 e. The van der Waals surface area contributed by atoms with Gasteiger partial charge >= 0.3 is 13.1 Å². The Kier molecular flexibility index (Phi) is 3.78. The van der Waals surface area contributed by atoms with Crippen LogP contribution >= 0.6 is 0 Å². The van der Waals surface area contributed by atoms with E-state index in [-0.39, 0.29) is 6.42 Å². The Morgan fingerprint density at radius 2 is 2.32 bits per heavy atom. The van der Waals surface area contributed by atoms with Crippen LogP contribution in [-0.4, -0.2) is 33.2 Å². The van der Waals surface area contributed by atoms with E-state index in [2.05, 4.69) is 9.97 Å². The lowest BCUT2D eigenvalue weighted by Gasteiger charge is -2.13. The van der Waals surface area contributed by atoms with Crippen LogP contribution in [0.5, 0.6) is 11.6 Å². The summed E-state index contributed by atoms with van der Waals surface area (Å²) in [5.41, 5.74) is 2.02. The number of hydrogen-bond donors (Lipinski definition) is 2. The SMILES string of the molecule is Cc1cc(Oc2ccncn2)cc2c1C(CC(=O)O)OB2O. The number of fused-ring (bicyclic) bond motifs is 1. The number of nitrogens with zero attached hydrogens (tertiary/aromatic N) is 2. The molecule has 1 atom stereocenters. The molecule has 1 unspecified atom stereocenters.